The summed E-state index contributed by atoms with van der Waals surface area (Å²) in [5.41, 5.74) is 1.42. The Kier molecular flexibility index (Phi) is 3.27. The summed E-state index contributed by atoms with van der Waals surface area (Å²) < 4.78 is 5.23. The van der Waals surface area contributed by atoms with Crippen molar-refractivity contribution in [2.45, 2.75) is 31.7 Å². The summed E-state index contributed by atoms with van der Waals surface area (Å²) in [4.78, 5) is 0. The Bertz CT molecular complexity index is 318. The second kappa shape index (κ2) is 4.67. The monoisotopic (exact) mass is 205 g/mol. The highest BCUT2D eigenvalue weighted by Crippen LogP contribution is 2.37. The zero-order valence-electron chi connectivity index (χ0n) is 9.49. The maximum atomic E-state index is 5.23. The normalized spacial score (nSPS) is 24.7. The van der Waals surface area contributed by atoms with Gasteiger partial charge in [0, 0.05) is 6.04 Å². The Morgan fingerprint density at radius 3 is 2.87 bits per heavy atom. The Morgan fingerprint density at radius 2 is 2.20 bits per heavy atom. The Labute approximate surface area is 91.6 Å². The molecule has 1 aliphatic carbocycles. The van der Waals surface area contributed by atoms with Crippen LogP contribution in [0.1, 0.15) is 31.2 Å². The first-order valence-electron chi connectivity index (χ1n) is 5.70. The van der Waals surface area contributed by atoms with E-state index in [1.807, 2.05) is 6.07 Å². The quantitative estimate of drug-likeness (QED) is 0.815. The van der Waals surface area contributed by atoms with Crippen LogP contribution in [-0.2, 0) is 0 Å². The van der Waals surface area contributed by atoms with Crippen molar-refractivity contribution < 1.29 is 4.74 Å². The van der Waals surface area contributed by atoms with E-state index in [2.05, 4.69) is 30.4 Å². The van der Waals surface area contributed by atoms with Crippen molar-refractivity contribution in [3.63, 3.8) is 0 Å². The molecule has 0 aliphatic heterocycles. The van der Waals surface area contributed by atoms with Gasteiger partial charge in [-0.2, -0.15) is 0 Å². The van der Waals surface area contributed by atoms with Crippen molar-refractivity contribution in [3.05, 3.63) is 29.8 Å². The predicted molar refractivity (Wildman–Crippen MR) is 62.4 cm³/mol. The van der Waals surface area contributed by atoms with Gasteiger partial charge in [-0.1, -0.05) is 19.1 Å². The molecule has 0 saturated heterocycles. The van der Waals surface area contributed by atoms with Gasteiger partial charge in [-0.05, 0) is 43.0 Å². The van der Waals surface area contributed by atoms with E-state index in [1.165, 1.54) is 18.4 Å². The average Bonchev–Trinajstić information content (AvgIpc) is 2.23. The van der Waals surface area contributed by atoms with Crippen LogP contribution in [0.2, 0.25) is 0 Å². The molecule has 1 aromatic rings. The summed E-state index contributed by atoms with van der Waals surface area (Å²) in [6.45, 7) is 3.24. The van der Waals surface area contributed by atoms with Crippen molar-refractivity contribution in [3.8, 4) is 5.75 Å². The Hall–Kier alpha value is -1.02. The van der Waals surface area contributed by atoms with Crippen LogP contribution in [0.3, 0.4) is 0 Å². The first-order chi connectivity index (χ1) is 7.33. The number of methoxy groups -OCH3 is 1. The Morgan fingerprint density at radius 1 is 1.40 bits per heavy atom. The summed E-state index contributed by atoms with van der Waals surface area (Å²) in [6, 6.07) is 9.17. The molecule has 0 radical (unpaired) electrons. The molecule has 15 heavy (non-hydrogen) atoms. The SMILES string of the molecule is CCNC1CC(c2cccc(OC)c2)C1. The first kappa shape index (κ1) is 10.5. The fourth-order valence-corrected chi connectivity index (χ4v) is 2.24. The molecular formula is C13H19NO. The van der Waals surface area contributed by atoms with E-state index in [1.54, 1.807) is 7.11 Å². The van der Waals surface area contributed by atoms with Crippen LogP contribution >= 0.6 is 0 Å². The molecule has 1 N–H and O–H groups in total. The van der Waals surface area contributed by atoms with Crippen LogP contribution in [0.25, 0.3) is 0 Å². The van der Waals surface area contributed by atoms with Crippen molar-refractivity contribution in [1.82, 2.24) is 5.32 Å². The van der Waals surface area contributed by atoms with Crippen LogP contribution in [0, 0.1) is 0 Å². The van der Waals surface area contributed by atoms with E-state index in [9.17, 15) is 0 Å². The molecule has 1 saturated carbocycles. The van der Waals surface area contributed by atoms with E-state index < -0.39 is 0 Å². The van der Waals surface area contributed by atoms with Gasteiger partial charge in [0.1, 0.15) is 5.75 Å². The number of hydrogen-bond donors (Lipinski definition) is 1. The van der Waals surface area contributed by atoms with E-state index in [0.717, 1.165) is 24.3 Å². The summed E-state index contributed by atoms with van der Waals surface area (Å²) >= 11 is 0. The molecule has 82 valence electrons. The largest absolute Gasteiger partial charge is 0.497 e. The van der Waals surface area contributed by atoms with E-state index in [0.29, 0.717) is 0 Å². The number of benzene rings is 1. The molecule has 2 heteroatoms. The lowest BCUT2D eigenvalue weighted by atomic mass is 9.76. The lowest BCUT2D eigenvalue weighted by Crippen LogP contribution is -2.39. The average molecular weight is 205 g/mol. The summed E-state index contributed by atoms with van der Waals surface area (Å²) in [5, 5.41) is 3.48. The maximum absolute atomic E-state index is 5.23. The van der Waals surface area contributed by atoms with Gasteiger partial charge in [-0.25, -0.2) is 0 Å². The predicted octanol–water partition coefficient (Wildman–Crippen LogP) is 2.55. The first-order valence-corrected chi connectivity index (χ1v) is 5.70. The van der Waals surface area contributed by atoms with E-state index in [-0.39, 0.29) is 0 Å². The molecule has 0 bridgehead atoms. The lowest BCUT2D eigenvalue weighted by Gasteiger charge is -2.36. The van der Waals surface area contributed by atoms with Gasteiger partial charge in [0.2, 0.25) is 0 Å². The molecule has 1 aliphatic rings. The maximum Gasteiger partial charge on any atom is 0.119 e. The highest BCUT2D eigenvalue weighted by Gasteiger charge is 2.29. The molecule has 2 rings (SSSR count). The fourth-order valence-electron chi connectivity index (χ4n) is 2.24. The summed E-state index contributed by atoms with van der Waals surface area (Å²) in [5.74, 6) is 1.70. The third-order valence-corrected chi connectivity index (χ3v) is 3.20. The van der Waals surface area contributed by atoms with Crippen LogP contribution in [0.5, 0.6) is 5.75 Å². The Balaban J connectivity index is 1.94. The molecule has 0 aromatic heterocycles. The highest BCUT2D eigenvalue weighted by molar-refractivity contribution is 5.32. The highest BCUT2D eigenvalue weighted by atomic mass is 16.5. The van der Waals surface area contributed by atoms with Crippen molar-refractivity contribution in [2.24, 2.45) is 0 Å². The molecule has 0 amide bonds. The minimum Gasteiger partial charge on any atom is -0.497 e. The second-order valence-corrected chi connectivity index (χ2v) is 4.20. The van der Waals surface area contributed by atoms with E-state index >= 15 is 0 Å². The third kappa shape index (κ3) is 2.32. The van der Waals surface area contributed by atoms with Gasteiger partial charge in [0.25, 0.3) is 0 Å². The number of rotatable bonds is 4. The van der Waals surface area contributed by atoms with Crippen LogP contribution in [0.4, 0.5) is 0 Å². The number of hydrogen-bond acceptors (Lipinski definition) is 2. The van der Waals surface area contributed by atoms with Crippen LogP contribution < -0.4 is 10.1 Å². The molecule has 0 spiro atoms. The van der Waals surface area contributed by atoms with Gasteiger partial charge >= 0.3 is 0 Å². The summed E-state index contributed by atoms with van der Waals surface area (Å²) in [6.07, 6.45) is 2.53. The minimum atomic E-state index is 0.726. The van der Waals surface area contributed by atoms with Gasteiger partial charge in [-0.3, -0.25) is 0 Å². The van der Waals surface area contributed by atoms with Gasteiger partial charge in [0.15, 0.2) is 0 Å². The second-order valence-electron chi connectivity index (χ2n) is 4.20. The van der Waals surface area contributed by atoms with Gasteiger partial charge < -0.3 is 10.1 Å². The summed E-state index contributed by atoms with van der Waals surface area (Å²) in [7, 11) is 1.72. The molecule has 2 nitrogen and oxygen atoms in total. The standard InChI is InChI=1S/C13H19NO/c1-3-14-12-7-11(8-12)10-5-4-6-13(9-10)15-2/h4-6,9,11-12,14H,3,7-8H2,1-2H3. The van der Waals surface area contributed by atoms with Crippen LogP contribution in [-0.4, -0.2) is 19.7 Å². The van der Waals surface area contributed by atoms with Crippen LogP contribution in [0.15, 0.2) is 24.3 Å². The van der Waals surface area contributed by atoms with Crippen molar-refractivity contribution in [1.29, 1.82) is 0 Å². The molecular weight excluding hydrogens is 186 g/mol. The molecule has 1 fully saturated rings. The molecule has 0 unspecified atom stereocenters. The number of nitrogens with one attached hydrogen (secondary N) is 1. The minimum absolute atomic E-state index is 0.726. The molecule has 0 heterocycles. The van der Waals surface area contributed by atoms with Crippen molar-refractivity contribution >= 4 is 0 Å². The van der Waals surface area contributed by atoms with Gasteiger partial charge in [-0.15, -0.1) is 0 Å². The fraction of sp³-hybridized carbons (Fsp3) is 0.538. The third-order valence-electron chi connectivity index (χ3n) is 3.20. The lowest BCUT2D eigenvalue weighted by molar-refractivity contribution is 0.295. The zero-order valence-corrected chi connectivity index (χ0v) is 9.49. The van der Waals surface area contributed by atoms with E-state index in [4.69, 9.17) is 4.74 Å². The molecule has 0 atom stereocenters. The number of ether oxygens (including phenoxy) is 1. The topological polar surface area (TPSA) is 21.3 Å². The smallest absolute Gasteiger partial charge is 0.119 e. The zero-order chi connectivity index (χ0) is 10.7. The molecule has 1 aromatic carbocycles. The van der Waals surface area contributed by atoms with Crippen molar-refractivity contribution in [2.75, 3.05) is 13.7 Å². The van der Waals surface area contributed by atoms with Gasteiger partial charge in [0.05, 0.1) is 7.11 Å².